The van der Waals surface area contributed by atoms with Crippen molar-refractivity contribution in [2.75, 3.05) is 7.11 Å². The van der Waals surface area contributed by atoms with Gasteiger partial charge in [0.25, 0.3) is 0 Å². The summed E-state index contributed by atoms with van der Waals surface area (Å²) in [4.78, 5) is 7.49. The van der Waals surface area contributed by atoms with Crippen LogP contribution in [0, 0.1) is 6.92 Å². The zero-order valence-electron chi connectivity index (χ0n) is 11.9. The highest BCUT2D eigenvalue weighted by atomic mass is 16.5. The van der Waals surface area contributed by atoms with Gasteiger partial charge in [0, 0.05) is 12.1 Å². The molecule has 2 rings (SSSR count). The van der Waals surface area contributed by atoms with Crippen molar-refractivity contribution in [2.45, 2.75) is 33.2 Å². The fourth-order valence-corrected chi connectivity index (χ4v) is 2.29. The summed E-state index contributed by atoms with van der Waals surface area (Å²) in [5, 5.41) is 0. The molecule has 0 amide bonds. The number of H-pyrrole nitrogens is 1. The highest BCUT2D eigenvalue weighted by Gasteiger charge is 2.15. The average Bonchev–Trinajstić information content (AvgIpc) is 2.85. The second-order valence-electron chi connectivity index (χ2n) is 5.00. The van der Waals surface area contributed by atoms with Gasteiger partial charge in [0.15, 0.2) is 0 Å². The third-order valence-electron chi connectivity index (χ3n) is 3.38. The van der Waals surface area contributed by atoms with Crippen molar-refractivity contribution in [3.63, 3.8) is 0 Å². The zero-order chi connectivity index (χ0) is 14.0. The van der Waals surface area contributed by atoms with Gasteiger partial charge in [-0.05, 0) is 36.1 Å². The van der Waals surface area contributed by atoms with Crippen LogP contribution in [0.1, 0.15) is 36.6 Å². The zero-order valence-corrected chi connectivity index (χ0v) is 11.9. The molecule has 0 aliphatic carbocycles. The Labute approximate surface area is 114 Å². The monoisotopic (exact) mass is 259 g/mol. The van der Waals surface area contributed by atoms with Crippen LogP contribution in [0.5, 0.6) is 5.75 Å². The lowest BCUT2D eigenvalue weighted by Gasteiger charge is -2.15. The van der Waals surface area contributed by atoms with Gasteiger partial charge in [0.1, 0.15) is 5.75 Å². The SMILES string of the molecule is COc1cc(C)c(-c2nc[nH]c2CN)cc1C(C)C. The third kappa shape index (κ3) is 2.49. The topological polar surface area (TPSA) is 63.9 Å². The number of ether oxygens (including phenoxy) is 1. The minimum atomic E-state index is 0.398. The minimum Gasteiger partial charge on any atom is -0.496 e. The predicted molar refractivity (Wildman–Crippen MR) is 77.3 cm³/mol. The van der Waals surface area contributed by atoms with Crippen LogP contribution in [0.25, 0.3) is 11.3 Å². The van der Waals surface area contributed by atoms with Crippen LogP contribution in [-0.4, -0.2) is 17.1 Å². The van der Waals surface area contributed by atoms with Gasteiger partial charge < -0.3 is 15.5 Å². The van der Waals surface area contributed by atoms with E-state index in [0.29, 0.717) is 12.5 Å². The van der Waals surface area contributed by atoms with E-state index in [1.165, 1.54) is 5.56 Å². The molecule has 102 valence electrons. The predicted octanol–water partition coefficient (Wildman–Crippen LogP) is 2.98. The van der Waals surface area contributed by atoms with E-state index in [2.05, 4.69) is 42.9 Å². The maximum atomic E-state index is 5.74. The maximum Gasteiger partial charge on any atom is 0.122 e. The number of aromatic amines is 1. The molecule has 19 heavy (non-hydrogen) atoms. The fourth-order valence-electron chi connectivity index (χ4n) is 2.29. The lowest BCUT2D eigenvalue weighted by atomic mass is 9.94. The molecule has 0 radical (unpaired) electrons. The van der Waals surface area contributed by atoms with E-state index >= 15 is 0 Å². The van der Waals surface area contributed by atoms with E-state index in [-0.39, 0.29) is 0 Å². The van der Waals surface area contributed by atoms with Crippen LogP contribution < -0.4 is 10.5 Å². The second-order valence-corrected chi connectivity index (χ2v) is 5.00. The first-order valence-corrected chi connectivity index (χ1v) is 6.49. The van der Waals surface area contributed by atoms with Crippen LogP contribution in [0.4, 0.5) is 0 Å². The van der Waals surface area contributed by atoms with Crippen LogP contribution in [0.15, 0.2) is 18.5 Å². The molecule has 0 fully saturated rings. The standard InChI is InChI=1S/C15H21N3O/c1-9(2)11-6-12(10(3)5-14(11)19-4)15-13(7-16)17-8-18-15/h5-6,8-9H,7,16H2,1-4H3,(H,17,18). The molecule has 3 N–H and O–H groups in total. The molecule has 0 bridgehead atoms. The molecule has 0 saturated heterocycles. The van der Waals surface area contributed by atoms with Crippen molar-refractivity contribution in [3.05, 3.63) is 35.3 Å². The van der Waals surface area contributed by atoms with E-state index in [1.807, 2.05) is 0 Å². The normalized spacial score (nSPS) is 11.1. The molecule has 4 nitrogen and oxygen atoms in total. The molecule has 0 spiro atoms. The maximum absolute atomic E-state index is 5.74. The molecule has 0 saturated carbocycles. The molecular weight excluding hydrogens is 238 g/mol. The van der Waals surface area contributed by atoms with Crippen molar-refractivity contribution in [1.29, 1.82) is 0 Å². The van der Waals surface area contributed by atoms with Crippen LogP contribution in [0.2, 0.25) is 0 Å². The molecule has 0 aliphatic heterocycles. The number of nitrogens with zero attached hydrogens (tertiary/aromatic N) is 1. The molecular formula is C15H21N3O. The number of nitrogens with one attached hydrogen (secondary N) is 1. The number of nitrogens with two attached hydrogens (primary N) is 1. The Morgan fingerprint density at radius 1 is 1.37 bits per heavy atom. The van der Waals surface area contributed by atoms with Crippen molar-refractivity contribution >= 4 is 0 Å². The average molecular weight is 259 g/mol. The Kier molecular flexibility index (Phi) is 3.90. The summed E-state index contributed by atoms with van der Waals surface area (Å²) in [6, 6.07) is 4.23. The number of benzene rings is 1. The summed E-state index contributed by atoms with van der Waals surface area (Å²) < 4.78 is 5.46. The molecule has 1 aromatic heterocycles. The Balaban J connectivity index is 2.61. The van der Waals surface area contributed by atoms with E-state index < -0.39 is 0 Å². The van der Waals surface area contributed by atoms with Crippen molar-refractivity contribution in [1.82, 2.24) is 9.97 Å². The molecule has 4 heteroatoms. The first-order chi connectivity index (χ1) is 9.08. The lowest BCUT2D eigenvalue weighted by Crippen LogP contribution is -2.01. The summed E-state index contributed by atoms with van der Waals surface area (Å²) in [5.41, 5.74) is 11.1. The second kappa shape index (κ2) is 5.45. The smallest absolute Gasteiger partial charge is 0.122 e. The van der Waals surface area contributed by atoms with Crippen LogP contribution in [0.3, 0.4) is 0 Å². The Morgan fingerprint density at radius 3 is 2.68 bits per heavy atom. The largest absolute Gasteiger partial charge is 0.496 e. The van der Waals surface area contributed by atoms with Crippen molar-refractivity contribution in [3.8, 4) is 17.0 Å². The highest BCUT2D eigenvalue weighted by molar-refractivity contribution is 5.68. The number of aryl methyl sites for hydroxylation is 1. The van der Waals surface area contributed by atoms with Gasteiger partial charge in [0.2, 0.25) is 0 Å². The van der Waals surface area contributed by atoms with E-state index in [4.69, 9.17) is 10.5 Å². The molecule has 1 heterocycles. The Bertz CT molecular complexity index is 573. The van der Waals surface area contributed by atoms with Crippen LogP contribution >= 0.6 is 0 Å². The van der Waals surface area contributed by atoms with Crippen LogP contribution in [-0.2, 0) is 6.54 Å². The summed E-state index contributed by atoms with van der Waals surface area (Å²) in [6.45, 7) is 6.84. The Morgan fingerprint density at radius 2 is 2.11 bits per heavy atom. The molecule has 2 aromatic rings. The summed E-state index contributed by atoms with van der Waals surface area (Å²) >= 11 is 0. The number of imidazole rings is 1. The van der Waals surface area contributed by atoms with Gasteiger partial charge >= 0.3 is 0 Å². The molecule has 0 unspecified atom stereocenters. The lowest BCUT2D eigenvalue weighted by molar-refractivity contribution is 0.407. The van der Waals surface area contributed by atoms with E-state index in [9.17, 15) is 0 Å². The fraction of sp³-hybridized carbons (Fsp3) is 0.400. The third-order valence-corrected chi connectivity index (χ3v) is 3.38. The quantitative estimate of drug-likeness (QED) is 0.887. The number of methoxy groups -OCH3 is 1. The minimum absolute atomic E-state index is 0.398. The van der Waals surface area contributed by atoms with Gasteiger partial charge in [-0.25, -0.2) is 4.98 Å². The van der Waals surface area contributed by atoms with Gasteiger partial charge in [-0.1, -0.05) is 13.8 Å². The summed E-state index contributed by atoms with van der Waals surface area (Å²) in [5.74, 6) is 1.33. The molecule has 0 atom stereocenters. The first-order valence-electron chi connectivity index (χ1n) is 6.49. The molecule has 0 aliphatic rings. The summed E-state index contributed by atoms with van der Waals surface area (Å²) in [7, 11) is 1.71. The van der Waals surface area contributed by atoms with Crippen molar-refractivity contribution < 1.29 is 4.74 Å². The summed E-state index contributed by atoms with van der Waals surface area (Å²) in [6.07, 6.45) is 1.69. The van der Waals surface area contributed by atoms with E-state index in [0.717, 1.165) is 28.3 Å². The van der Waals surface area contributed by atoms with Gasteiger partial charge in [-0.3, -0.25) is 0 Å². The van der Waals surface area contributed by atoms with Crippen molar-refractivity contribution in [2.24, 2.45) is 5.73 Å². The number of aromatic nitrogens is 2. The highest BCUT2D eigenvalue weighted by Crippen LogP contribution is 2.34. The first kappa shape index (κ1) is 13.6. The van der Waals surface area contributed by atoms with Gasteiger partial charge in [-0.15, -0.1) is 0 Å². The number of hydrogen-bond donors (Lipinski definition) is 2. The van der Waals surface area contributed by atoms with E-state index in [1.54, 1.807) is 13.4 Å². The Hall–Kier alpha value is -1.81. The van der Waals surface area contributed by atoms with Gasteiger partial charge in [0.05, 0.1) is 24.8 Å². The molecule has 1 aromatic carbocycles. The van der Waals surface area contributed by atoms with Gasteiger partial charge in [-0.2, -0.15) is 0 Å². The number of rotatable bonds is 4. The number of hydrogen-bond acceptors (Lipinski definition) is 3.